The molecule has 1 heterocycles. The highest BCUT2D eigenvalue weighted by molar-refractivity contribution is 6.02. The minimum Gasteiger partial charge on any atom is -0.464 e. The molecule has 0 bridgehead atoms. The number of carbonyl (C=O) groups is 1. The lowest BCUT2D eigenvalue weighted by Gasteiger charge is -1.98. The number of benzene rings is 1. The lowest BCUT2D eigenvalue weighted by molar-refractivity contribution is 0.0595. The average molecular weight is 218 g/mol. The van der Waals surface area contributed by atoms with E-state index in [2.05, 4.69) is 18.1 Å². The van der Waals surface area contributed by atoms with Crippen molar-refractivity contribution in [1.82, 2.24) is 9.78 Å². The molecule has 84 valence electrons. The fourth-order valence-electron chi connectivity index (χ4n) is 1.77. The minimum atomic E-state index is -0.394. The zero-order valence-corrected chi connectivity index (χ0v) is 9.65. The van der Waals surface area contributed by atoms with E-state index in [0.717, 1.165) is 17.3 Å². The summed E-state index contributed by atoms with van der Waals surface area (Å²) < 4.78 is 6.41. The molecule has 0 spiro atoms. The number of nitrogens with zero attached hydrogens (tertiary/aromatic N) is 2. The molecule has 0 amide bonds. The van der Waals surface area contributed by atoms with E-state index in [0.29, 0.717) is 5.69 Å². The molecule has 2 rings (SSSR count). The Morgan fingerprint density at radius 1 is 1.50 bits per heavy atom. The lowest BCUT2D eigenvalue weighted by Crippen LogP contribution is -2.03. The number of hydrogen-bond donors (Lipinski definition) is 0. The summed E-state index contributed by atoms with van der Waals surface area (Å²) >= 11 is 0. The Labute approximate surface area is 93.8 Å². The molecule has 0 saturated carbocycles. The SMILES string of the molecule is CCc1ccc2c(C(=O)OC)nn(C)c2c1. The van der Waals surface area contributed by atoms with Crippen molar-refractivity contribution in [3.05, 3.63) is 29.5 Å². The molecule has 2 aromatic rings. The maximum atomic E-state index is 11.5. The van der Waals surface area contributed by atoms with E-state index in [4.69, 9.17) is 4.74 Å². The third-order valence-electron chi connectivity index (χ3n) is 2.70. The number of ether oxygens (including phenoxy) is 1. The minimum absolute atomic E-state index is 0.377. The van der Waals surface area contributed by atoms with Crippen molar-refractivity contribution in [3.63, 3.8) is 0 Å². The Balaban J connectivity index is 2.67. The van der Waals surface area contributed by atoms with E-state index in [1.54, 1.807) is 4.68 Å². The number of hydrogen-bond acceptors (Lipinski definition) is 3. The van der Waals surface area contributed by atoms with Crippen LogP contribution in [0.1, 0.15) is 23.0 Å². The van der Waals surface area contributed by atoms with Crippen LogP contribution in [0.2, 0.25) is 0 Å². The van der Waals surface area contributed by atoms with E-state index in [1.807, 2.05) is 19.2 Å². The third-order valence-corrected chi connectivity index (χ3v) is 2.70. The zero-order chi connectivity index (χ0) is 11.7. The summed E-state index contributed by atoms with van der Waals surface area (Å²) in [5, 5.41) is 5.02. The number of carbonyl (C=O) groups excluding carboxylic acids is 1. The summed E-state index contributed by atoms with van der Waals surface area (Å²) in [6, 6.07) is 5.98. The van der Waals surface area contributed by atoms with Crippen LogP contribution in [0.25, 0.3) is 10.9 Å². The van der Waals surface area contributed by atoms with Crippen molar-refractivity contribution in [2.45, 2.75) is 13.3 Å². The number of esters is 1. The van der Waals surface area contributed by atoms with Crippen molar-refractivity contribution in [2.75, 3.05) is 7.11 Å². The van der Waals surface area contributed by atoms with Gasteiger partial charge in [-0.05, 0) is 18.1 Å². The lowest BCUT2D eigenvalue weighted by atomic mass is 10.1. The zero-order valence-electron chi connectivity index (χ0n) is 9.65. The van der Waals surface area contributed by atoms with E-state index in [9.17, 15) is 4.79 Å². The maximum absolute atomic E-state index is 11.5. The molecule has 0 saturated heterocycles. The van der Waals surface area contributed by atoms with E-state index in [-0.39, 0.29) is 0 Å². The molecule has 0 aliphatic rings. The largest absolute Gasteiger partial charge is 0.464 e. The molecule has 0 atom stereocenters. The number of methoxy groups -OCH3 is 1. The Kier molecular flexibility index (Phi) is 2.64. The summed E-state index contributed by atoms with van der Waals surface area (Å²) in [6.07, 6.45) is 0.967. The van der Waals surface area contributed by atoms with Gasteiger partial charge in [-0.2, -0.15) is 5.10 Å². The Morgan fingerprint density at radius 3 is 2.88 bits per heavy atom. The summed E-state index contributed by atoms with van der Waals surface area (Å²) in [7, 11) is 3.19. The first-order valence-corrected chi connectivity index (χ1v) is 5.21. The standard InChI is InChI=1S/C12H14N2O2/c1-4-8-5-6-9-10(7-8)14(2)13-11(9)12(15)16-3/h5-7H,4H2,1-3H3. The second-order valence-corrected chi connectivity index (χ2v) is 3.67. The first-order chi connectivity index (χ1) is 7.67. The van der Waals surface area contributed by atoms with Crippen LogP contribution in [0.5, 0.6) is 0 Å². The number of fused-ring (bicyclic) bond motifs is 1. The van der Waals surface area contributed by atoms with Gasteiger partial charge in [-0.15, -0.1) is 0 Å². The molecule has 4 heteroatoms. The molecule has 4 nitrogen and oxygen atoms in total. The van der Waals surface area contributed by atoms with Crippen molar-refractivity contribution >= 4 is 16.9 Å². The van der Waals surface area contributed by atoms with Crippen molar-refractivity contribution in [2.24, 2.45) is 7.05 Å². The molecule has 0 unspecified atom stereocenters. The van der Waals surface area contributed by atoms with Gasteiger partial charge in [0.15, 0.2) is 5.69 Å². The Bertz CT molecular complexity index is 543. The van der Waals surface area contributed by atoms with Gasteiger partial charge in [0.2, 0.25) is 0 Å². The van der Waals surface area contributed by atoms with Crippen LogP contribution in [0.3, 0.4) is 0 Å². The van der Waals surface area contributed by atoms with Crippen molar-refractivity contribution in [1.29, 1.82) is 0 Å². The molecule has 1 aromatic carbocycles. The van der Waals surface area contributed by atoms with E-state index >= 15 is 0 Å². The maximum Gasteiger partial charge on any atom is 0.359 e. The second kappa shape index (κ2) is 3.96. The summed E-state index contributed by atoms with van der Waals surface area (Å²) in [4.78, 5) is 11.5. The molecule has 1 aromatic heterocycles. The van der Waals surface area contributed by atoms with E-state index in [1.165, 1.54) is 12.7 Å². The molecular weight excluding hydrogens is 204 g/mol. The van der Waals surface area contributed by atoms with Gasteiger partial charge in [-0.3, -0.25) is 4.68 Å². The first kappa shape index (κ1) is 10.7. The highest BCUT2D eigenvalue weighted by Crippen LogP contribution is 2.20. The summed E-state index contributed by atoms with van der Waals surface area (Å²) in [5.41, 5.74) is 2.56. The third kappa shape index (κ3) is 1.56. The predicted molar refractivity (Wildman–Crippen MR) is 61.4 cm³/mol. The Morgan fingerprint density at radius 2 is 2.25 bits per heavy atom. The predicted octanol–water partition coefficient (Wildman–Crippen LogP) is 1.92. The van der Waals surface area contributed by atoms with E-state index < -0.39 is 5.97 Å². The van der Waals surface area contributed by atoms with Crippen LogP contribution in [0.15, 0.2) is 18.2 Å². The topological polar surface area (TPSA) is 44.1 Å². The Hall–Kier alpha value is -1.84. The fraction of sp³-hybridized carbons (Fsp3) is 0.333. The van der Waals surface area contributed by atoms with Crippen LogP contribution in [0, 0.1) is 0 Å². The van der Waals surface area contributed by atoms with Gasteiger partial charge in [0.1, 0.15) is 0 Å². The second-order valence-electron chi connectivity index (χ2n) is 3.67. The number of rotatable bonds is 2. The summed E-state index contributed by atoms with van der Waals surface area (Å²) in [6.45, 7) is 2.10. The molecule has 0 aliphatic heterocycles. The van der Waals surface area contributed by atoms with Crippen molar-refractivity contribution in [3.8, 4) is 0 Å². The van der Waals surface area contributed by atoms with Crippen LogP contribution in [-0.2, 0) is 18.2 Å². The van der Waals surface area contributed by atoms with Gasteiger partial charge in [0.05, 0.1) is 12.6 Å². The highest BCUT2D eigenvalue weighted by atomic mass is 16.5. The number of aromatic nitrogens is 2. The smallest absolute Gasteiger partial charge is 0.359 e. The molecule has 0 aliphatic carbocycles. The van der Waals surface area contributed by atoms with Gasteiger partial charge in [0.25, 0.3) is 0 Å². The van der Waals surface area contributed by atoms with Gasteiger partial charge in [0, 0.05) is 12.4 Å². The normalized spacial score (nSPS) is 10.7. The van der Waals surface area contributed by atoms with Crippen LogP contribution in [-0.4, -0.2) is 22.9 Å². The fourth-order valence-corrected chi connectivity index (χ4v) is 1.77. The molecular formula is C12H14N2O2. The van der Waals surface area contributed by atoms with Gasteiger partial charge in [-0.25, -0.2) is 4.79 Å². The quantitative estimate of drug-likeness (QED) is 0.723. The molecule has 0 fully saturated rings. The summed E-state index contributed by atoms with van der Waals surface area (Å²) in [5.74, 6) is -0.394. The van der Waals surface area contributed by atoms with Gasteiger partial charge >= 0.3 is 5.97 Å². The molecule has 0 radical (unpaired) electrons. The highest BCUT2D eigenvalue weighted by Gasteiger charge is 2.16. The van der Waals surface area contributed by atoms with Crippen LogP contribution in [0.4, 0.5) is 0 Å². The number of aryl methyl sites for hydroxylation is 2. The van der Waals surface area contributed by atoms with Crippen molar-refractivity contribution < 1.29 is 9.53 Å². The van der Waals surface area contributed by atoms with Crippen LogP contribution >= 0.6 is 0 Å². The monoisotopic (exact) mass is 218 g/mol. The van der Waals surface area contributed by atoms with Gasteiger partial charge in [-0.1, -0.05) is 19.1 Å². The molecule has 16 heavy (non-hydrogen) atoms. The van der Waals surface area contributed by atoms with Gasteiger partial charge < -0.3 is 4.74 Å². The average Bonchev–Trinajstić information content (AvgIpc) is 2.65. The first-order valence-electron chi connectivity index (χ1n) is 5.21. The van der Waals surface area contributed by atoms with Crippen LogP contribution < -0.4 is 0 Å². The molecule has 0 N–H and O–H groups in total.